The molecule has 11 nitrogen and oxygen atoms in total. The van der Waals surface area contributed by atoms with Crippen molar-refractivity contribution in [2.45, 2.75) is 24.5 Å². The average molecular weight is 359 g/mol. The highest BCUT2D eigenvalue weighted by Crippen LogP contribution is 2.37. The smallest absolute Gasteiger partial charge is 0.249 e. The highest BCUT2D eigenvalue weighted by Gasteiger charge is 2.47. The van der Waals surface area contributed by atoms with Crippen molar-refractivity contribution >= 4 is 22.8 Å². The maximum atomic E-state index is 11.4. The molecule has 1 fully saturated rings. The minimum Gasteiger partial charge on any atom is -0.387 e. The molecule has 1 amide bonds. The van der Waals surface area contributed by atoms with Gasteiger partial charge in [0.15, 0.2) is 12.3 Å². The first-order valence-corrected chi connectivity index (χ1v) is 7.80. The lowest BCUT2D eigenvalue weighted by Crippen LogP contribution is -2.39. The van der Waals surface area contributed by atoms with Gasteiger partial charge in [-0.05, 0) is 6.07 Å². The third kappa shape index (κ3) is 2.33. The number of primary amides is 1. The lowest BCUT2D eigenvalue weighted by atomic mass is 10.1. The molecule has 0 unspecified atom stereocenters. The standard InChI is InChI=1S/C15H17N7O4/c1-21-3-2-7(20-21)6-4-22(14-8(6)12(16)18-5-19-14)15-10(24)9(23)11(26-15)13(17)25/h2-5,9-11,15,23-24H,1H3,(H2,17,25)(H2,16,18,19)/t9-,10+,11-,15+/m0/s1. The van der Waals surface area contributed by atoms with E-state index >= 15 is 0 Å². The number of nitrogen functional groups attached to an aromatic ring is 1. The van der Waals surface area contributed by atoms with Crippen LogP contribution in [0.15, 0.2) is 24.8 Å². The van der Waals surface area contributed by atoms with E-state index in [1.807, 2.05) is 0 Å². The first kappa shape index (κ1) is 16.4. The number of anilines is 1. The number of aliphatic hydroxyl groups excluding tert-OH is 2. The predicted molar refractivity (Wildman–Crippen MR) is 89.3 cm³/mol. The van der Waals surface area contributed by atoms with E-state index in [1.54, 1.807) is 30.2 Å². The Kier molecular flexibility index (Phi) is 3.64. The maximum Gasteiger partial charge on any atom is 0.249 e. The van der Waals surface area contributed by atoms with Crippen LogP contribution in [0.1, 0.15) is 6.23 Å². The molecule has 4 atom stereocenters. The Morgan fingerprint density at radius 2 is 2.08 bits per heavy atom. The number of hydrogen-bond donors (Lipinski definition) is 4. The molecule has 0 aliphatic carbocycles. The summed E-state index contributed by atoms with van der Waals surface area (Å²) in [4.78, 5) is 19.7. The van der Waals surface area contributed by atoms with Crippen LogP contribution in [0.5, 0.6) is 0 Å². The first-order chi connectivity index (χ1) is 12.4. The van der Waals surface area contributed by atoms with Gasteiger partial charge in [-0.15, -0.1) is 0 Å². The number of aliphatic hydroxyl groups is 2. The average Bonchev–Trinajstić information content (AvgIpc) is 3.26. The number of ether oxygens (including phenoxy) is 1. The summed E-state index contributed by atoms with van der Waals surface area (Å²) in [5, 5.41) is 25.3. The Hall–Kier alpha value is -3.02. The normalized spacial score (nSPS) is 25.8. The first-order valence-electron chi connectivity index (χ1n) is 7.80. The van der Waals surface area contributed by atoms with Gasteiger partial charge in [0.1, 0.15) is 30.0 Å². The molecule has 11 heteroatoms. The molecule has 0 saturated carbocycles. The molecular weight excluding hydrogens is 342 g/mol. The molecule has 3 aromatic rings. The maximum absolute atomic E-state index is 11.4. The summed E-state index contributed by atoms with van der Waals surface area (Å²) in [5.41, 5.74) is 12.9. The summed E-state index contributed by atoms with van der Waals surface area (Å²) in [7, 11) is 1.78. The summed E-state index contributed by atoms with van der Waals surface area (Å²) in [6.07, 6.45) is -0.543. The lowest BCUT2D eigenvalue weighted by Gasteiger charge is -2.17. The van der Waals surface area contributed by atoms with Crippen molar-refractivity contribution < 1.29 is 19.7 Å². The van der Waals surface area contributed by atoms with Crippen molar-refractivity contribution in [3.8, 4) is 11.3 Å². The molecule has 3 aromatic heterocycles. The number of amides is 1. The van der Waals surface area contributed by atoms with Crippen molar-refractivity contribution in [3.05, 3.63) is 24.8 Å². The van der Waals surface area contributed by atoms with Gasteiger partial charge >= 0.3 is 0 Å². The molecule has 4 rings (SSSR count). The van der Waals surface area contributed by atoms with E-state index in [0.717, 1.165) is 0 Å². The van der Waals surface area contributed by atoms with Crippen molar-refractivity contribution in [1.29, 1.82) is 0 Å². The minimum atomic E-state index is -1.45. The Balaban J connectivity index is 1.89. The molecule has 6 N–H and O–H groups in total. The van der Waals surface area contributed by atoms with E-state index in [4.69, 9.17) is 16.2 Å². The summed E-state index contributed by atoms with van der Waals surface area (Å²) in [6.45, 7) is 0. The van der Waals surface area contributed by atoms with Crippen LogP contribution < -0.4 is 11.5 Å². The van der Waals surface area contributed by atoms with Crippen LogP contribution in [0.25, 0.3) is 22.3 Å². The van der Waals surface area contributed by atoms with Crippen molar-refractivity contribution in [1.82, 2.24) is 24.3 Å². The highest BCUT2D eigenvalue weighted by molar-refractivity contribution is 5.99. The molecule has 0 radical (unpaired) electrons. The zero-order chi connectivity index (χ0) is 18.6. The van der Waals surface area contributed by atoms with E-state index < -0.39 is 30.4 Å². The Morgan fingerprint density at radius 3 is 2.69 bits per heavy atom. The summed E-state index contributed by atoms with van der Waals surface area (Å²) in [5.74, 6) is -0.636. The van der Waals surface area contributed by atoms with E-state index in [1.165, 1.54) is 10.9 Å². The fourth-order valence-corrected chi connectivity index (χ4v) is 3.18. The van der Waals surface area contributed by atoms with E-state index in [-0.39, 0.29) is 5.82 Å². The van der Waals surface area contributed by atoms with Crippen molar-refractivity contribution in [2.24, 2.45) is 12.8 Å². The summed E-state index contributed by atoms with van der Waals surface area (Å²) >= 11 is 0. The Morgan fingerprint density at radius 1 is 1.31 bits per heavy atom. The third-order valence-corrected chi connectivity index (χ3v) is 4.42. The number of carbonyl (C=O) groups is 1. The zero-order valence-corrected chi connectivity index (χ0v) is 13.7. The van der Waals surface area contributed by atoms with Gasteiger partial charge in [-0.3, -0.25) is 9.48 Å². The molecule has 136 valence electrons. The van der Waals surface area contributed by atoms with Gasteiger partial charge in [0.25, 0.3) is 0 Å². The third-order valence-electron chi connectivity index (χ3n) is 4.42. The fraction of sp³-hybridized carbons (Fsp3) is 0.333. The van der Waals surface area contributed by atoms with Crippen LogP contribution in [0, 0.1) is 0 Å². The predicted octanol–water partition coefficient (Wildman–Crippen LogP) is -1.48. The van der Waals surface area contributed by atoms with Gasteiger partial charge in [-0.1, -0.05) is 0 Å². The monoisotopic (exact) mass is 359 g/mol. The number of aromatic nitrogens is 5. The van der Waals surface area contributed by atoms with Gasteiger partial charge in [-0.2, -0.15) is 5.10 Å². The SMILES string of the molecule is Cn1ccc(-c2cn([C@@H]3O[C@H](C(N)=O)[C@@H](O)[C@H]3O)c3ncnc(N)c23)n1. The molecule has 1 saturated heterocycles. The molecule has 0 spiro atoms. The van der Waals surface area contributed by atoms with Crippen LogP contribution in [0.4, 0.5) is 5.82 Å². The van der Waals surface area contributed by atoms with E-state index in [2.05, 4.69) is 15.1 Å². The van der Waals surface area contributed by atoms with Crippen molar-refractivity contribution in [3.63, 3.8) is 0 Å². The van der Waals surface area contributed by atoms with Crippen molar-refractivity contribution in [2.75, 3.05) is 5.73 Å². The van der Waals surface area contributed by atoms with E-state index in [9.17, 15) is 15.0 Å². The lowest BCUT2D eigenvalue weighted by molar-refractivity contribution is -0.134. The Bertz CT molecular complexity index is 997. The number of fused-ring (bicyclic) bond motifs is 1. The van der Waals surface area contributed by atoms with Crippen LogP contribution in [0.2, 0.25) is 0 Å². The molecular formula is C15H17N7O4. The number of hydrogen-bond acceptors (Lipinski definition) is 8. The number of nitrogens with two attached hydrogens (primary N) is 2. The zero-order valence-electron chi connectivity index (χ0n) is 13.7. The summed E-state index contributed by atoms with van der Waals surface area (Å²) in [6, 6.07) is 1.79. The number of aryl methyl sites for hydroxylation is 1. The highest BCUT2D eigenvalue weighted by atomic mass is 16.6. The fourth-order valence-electron chi connectivity index (χ4n) is 3.18. The van der Waals surface area contributed by atoms with Crippen LogP contribution in [-0.4, -0.2) is 58.7 Å². The second-order valence-corrected chi connectivity index (χ2v) is 6.11. The van der Waals surface area contributed by atoms with Crippen LogP contribution >= 0.6 is 0 Å². The molecule has 0 aromatic carbocycles. The molecule has 1 aliphatic heterocycles. The summed E-state index contributed by atoms with van der Waals surface area (Å²) < 4.78 is 8.62. The topological polar surface area (TPSA) is 167 Å². The Labute approximate surface area is 146 Å². The molecule has 0 bridgehead atoms. The molecule has 1 aliphatic rings. The van der Waals surface area contributed by atoms with Gasteiger partial charge in [-0.25, -0.2) is 9.97 Å². The number of nitrogens with zero attached hydrogens (tertiary/aromatic N) is 5. The van der Waals surface area contributed by atoms with Gasteiger partial charge in [0, 0.05) is 25.0 Å². The van der Waals surface area contributed by atoms with E-state index in [0.29, 0.717) is 22.3 Å². The van der Waals surface area contributed by atoms with Gasteiger partial charge in [0.05, 0.1) is 11.1 Å². The second-order valence-electron chi connectivity index (χ2n) is 6.11. The van der Waals surface area contributed by atoms with Gasteiger partial charge < -0.3 is 31.0 Å². The minimum absolute atomic E-state index is 0.230. The van der Waals surface area contributed by atoms with Crippen LogP contribution in [-0.2, 0) is 16.6 Å². The second kappa shape index (κ2) is 5.76. The molecule has 4 heterocycles. The van der Waals surface area contributed by atoms with Gasteiger partial charge in [0.2, 0.25) is 5.91 Å². The molecule has 26 heavy (non-hydrogen) atoms. The quantitative estimate of drug-likeness (QED) is 0.439. The largest absolute Gasteiger partial charge is 0.387 e. The number of carbonyl (C=O) groups excluding carboxylic acids is 1. The van der Waals surface area contributed by atoms with Crippen LogP contribution in [0.3, 0.4) is 0 Å². The number of rotatable bonds is 3.